The van der Waals surface area contributed by atoms with E-state index in [9.17, 15) is 0 Å². The molecule has 0 aliphatic heterocycles. The average Bonchev–Trinajstić information content (AvgIpc) is 2.48. The molecule has 0 heterocycles. The van der Waals surface area contributed by atoms with Crippen LogP contribution in [0.25, 0.3) is 0 Å². The molecular formula is C17H30N2O. The van der Waals surface area contributed by atoms with E-state index in [1.807, 2.05) is 6.07 Å². The average molecular weight is 278 g/mol. The molecule has 1 aromatic carbocycles. The van der Waals surface area contributed by atoms with Crippen molar-refractivity contribution in [3.05, 3.63) is 29.8 Å². The Morgan fingerprint density at radius 3 is 2.55 bits per heavy atom. The summed E-state index contributed by atoms with van der Waals surface area (Å²) < 4.78 is 5.30. The quantitative estimate of drug-likeness (QED) is 0.712. The van der Waals surface area contributed by atoms with E-state index in [4.69, 9.17) is 4.74 Å². The molecule has 1 N–H and O–H groups in total. The van der Waals surface area contributed by atoms with Gasteiger partial charge in [0.05, 0.1) is 7.11 Å². The van der Waals surface area contributed by atoms with Gasteiger partial charge in [0, 0.05) is 6.04 Å². The van der Waals surface area contributed by atoms with E-state index >= 15 is 0 Å². The molecule has 0 aliphatic carbocycles. The molecule has 0 amide bonds. The zero-order valence-electron chi connectivity index (χ0n) is 13.5. The fourth-order valence-electron chi connectivity index (χ4n) is 2.53. The maximum atomic E-state index is 5.30. The van der Waals surface area contributed by atoms with Gasteiger partial charge < -0.3 is 15.0 Å². The topological polar surface area (TPSA) is 24.5 Å². The van der Waals surface area contributed by atoms with Crippen LogP contribution in [0.4, 0.5) is 0 Å². The first kappa shape index (κ1) is 17.0. The third kappa shape index (κ3) is 5.93. The van der Waals surface area contributed by atoms with Crippen LogP contribution in [-0.4, -0.2) is 44.2 Å². The third-order valence-corrected chi connectivity index (χ3v) is 3.80. The van der Waals surface area contributed by atoms with Crippen LogP contribution in [0.3, 0.4) is 0 Å². The Bertz CT molecular complexity index is 364. The van der Waals surface area contributed by atoms with Gasteiger partial charge in [0.1, 0.15) is 5.75 Å². The summed E-state index contributed by atoms with van der Waals surface area (Å²) in [5, 5.41) is 3.60. The number of hydrogen-bond acceptors (Lipinski definition) is 3. The van der Waals surface area contributed by atoms with Crippen LogP contribution >= 0.6 is 0 Å². The van der Waals surface area contributed by atoms with Crippen LogP contribution in [0.15, 0.2) is 24.3 Å². The van der Waals surface area contributed by atoms with Gasteiger partial charge in [-0.25, -0.2) is 0 Å². The van der Waals surface area contributed by atoms with Crippen molar-refractivity contribution in [3.63, 3.8) is 0 Å². The molecule has 3 nitrogen and oxygen atoms in total. The van der Waals surface area contributed by atoms with E-state index in [0.29, 0.717) is 6.04 Å². The molecule has 0 aromatic heterocycles. The Morgan fingerprint density at radius 2 is 1.95 bits per heavy atom. The number of hydrogen-bond donors (Lipinski definition) is 1. The fraction of sp³-hybridized carbons (Fsp3) is 0.647. The lowest BCUT2D eigenvalue weighted by molar-refractivity contribution is 0.281. The van der Waals surface area contributed by atoms with Gasteiger partial charge in [0.15, 0.2) is 0 Å². The van der Waals surface area contributed by atoms with Gasteiger partial charge in [-0.05, 0) is 56.7 Å². The molecule has 1 unspecified atom stereocenters. The van der Waals surface area contributed by atoms with E-state index in [0.717, 1.165) is 38.3 Å². The molecule has 3 heteroatoms. The molecule has 0 saturated carbocycles. The minimum Gasteiger partial charge on any atom is -0.497 e. The minimum atomic E-state index is 0.535. The Kier molecular flexibility index (Phi) is 8.31. The summed E-state index contributed by atoms with van der Waals surface area (Å²) >= 11 is 0. The summed E-state index contributed by atoms with van der Waals surface area (Å²) in [5.74, 6) is 0.946. The van der Waals surface area contributed by atoms with Crippen LogP contribution in [0.1, 0.15) is 32.8 Å². The molecule has 1 aromatic rings. The highest BCUT2D eigenvalue weighted by molar-refractivity contribution is 5.28. The van der Waals surface area contributed by atoms with Gasteiger partial charge in [-0.2, -0.15) is 0 Å². The van der Waals surface area contributed by atoms with Crippen LogP contribution in [-0.2, 0) is 6.42 Å². The summed E-state index contributed by atoms with van der Waals surface area (Å²) in [7, 11) is 1.72. The smallest absolute Gasteiger partial charge is 0.119 e. The first-order chi connectivity index (χ1) is 9.73. The normalized spacial score (nSPS) is 12.7. The van der Waals surface area contributed by atoms with Gasteiger partial charge in [0.2, 0.25) is 0 Å². The molecule has 0 saturated heterocycles. The van der Waals surface area contributed by atoms with Crippen molar-refractivity contribution in [2.24, 2.45) is 0 Å². The van der Waals surface area contributed by atoms with Crippen molar-refractivity contribution in [1.29, 1.82) is 0 Å². The first-order valence-corrected chi connectivity index (χ1v) is 7.82. The van der Waals surface area contributed by atoms with Crippen molar-refractivity contribution in [2.45, 2.75) is 39.7 Å². The van der Waals surface area contributed by atoms with Gasteiger partial charge in [-0.1, -0.05) is 32.9 Å². The van der Waals surface area contributed by atoms with Crippen molar-refractivity contribution < 1.29 is 4.74 Å². The molecule has 1 rings (SSSR count). The van der Waals surface area contributed by atoms with Crippen LogP contribution < -0.4 is 10.1 Å². The predicted molar refractivity (Wildman–Crippen MR) is 86.6 cm³/mol. The monoisotopic (exact) mass is 278 g/mol. The molecule has 0 radical (unpaired) electrons. The minimum absolute atomic E-state index is 0.535. The number of benzene rings is 1. The largest absolute Gasteiger partial charge is 0.497 e. The van der Waals surface area contributed by atoms with E-state index in [2.05, 4.69) is 49.2 Å². The molecular weight excluding hydrogens is 248 g/mol. The highest BCUT2D eigenvalue weighted by Gasteiger charge is 2.10. The molecule has 0 spiro atoms. The van der Waals surface area contributed by atoms with E-state index in [1.54, 1.807) is 7.11 Å². The van der Waals surface area contributed by atoms with Crippen molar-refractivity contribution in [3.8, 4) is 5.75 Å². The number of ether oxygens (including phenoxy) is 1. The zero-order valence-corrected chi connectivity index (χ0v) is 13.5. The molecule has 0 bridgehead atoms. The Hall–Kier alpha value is -1.06. The van der Waals surface area contributed by atoms with Gasteiger partial charge in [0.25, 0.3) is 0 Å². The summed E-state index contributed by atoms with van der Waals surface area (Å²) in [6.07, 6.45) is 2.25. The summed E-state index contributed by atoms with van der Waals surface area (Å²) in [6, 6.07) is 8.93. The Labute approximate surface area is 124 Å². The zero-order chi connectivity index (χ0) is 14.8. The van der Waals surface area contributed by atoms with E-state index in [1.165, 1.54) is 12.0 Å². The molecule has 0 fully saturated rings. The predicted octanol–water partition coefficient (Wildman–Crippen LogP) is 2.95. The Balaban J connectivity index is 2.56. The lowest BCUT2D eigenvalue weighted by Crippen LogP contribution is -2.35. The van der Waals surface area contributed by atoms with Gasteiger partial charge >= 0.3 is 0 Å². The van der Waals surface area contributed by atoms with Gasteiger partial charge in [-0.3, -0.25) is 0 Å². The Morgan fingerprint density at radius 1 is 1.20 bits per heavy atom. The standard InChI is InChI=1S/C17H30N2O/c1-5-18-16(11-12-19(6-2)7-3)13-15-9-8-10-17(14-15)20-4/h8-10,14,16,18H,5-7,11-13H2,1-4H3. The highest BCUT2D eigenvalue weighted by atomic mass is 16.5. The first-order valence-electron chi connectivity index (χ1n) is 7.82. The SMILES string of the molecule is CCNC(CCN(CC)CC)Cc1cccc(OC)c1. The maximum absolute atomic E-state index is 5.30. The van der Waals surface area contributed by atoms with Crippen LogP contribution in [0, 0.1) is 0 Å². The summed E-state index contributed by atoms with van der Waals surface area (Å²) in [5.41, 5.74) is 1.34. The van der Waals surface area contributed by atoms with E-state index < -0.39 is 0 Å². The van der Waals surface area contributed by atoms with Crippen molar-refractivity contribution in [2.75, 3.05) is 33.3 Å². The number of nitrogens with one attached hydrogen (secondary N) is 1. The van der Waals surface area contributed by atoms with E-state index in [-0.39, 0.29) is 0 Å². The third-order valence-electron chi connectivity index (χ3n) is 3.80. The van der Waals surface area contributed by atoms with Crippen LogP contribution in [0.5, 0.6) is 5.75 Å². The molecule has 1 atom stereocenters. The van der Waals surface area contributed by atoms with Gasteiger partial charge in [-0.15, -0.1) is 0 Å². The second kappa shape index (κ2) is 9.78. The molecule has 114 valence electrons. The number of rotatable bonds is 10. The fourth-order valence-corrected chi connectivity index (χ4v) is 2.53. The molecule has 0 aliphatic rings. The summed E-state index contributed by atoms with van der Waals surface area (Å²) in [6.45, 7) is 11.1. The second-order valence-electron chi connectivity index (χ2n) is 5.13. The van der Waals surface area contributed by atoms with Crippen molar-refractivity contribution in [1.82, 2.24) is 10.2 Å². The lowest BCUT2D eigenvalue weighted by atomic mass is 10.0. The lowest BCUT2D eigenvalue weighted by Gasteiger charge is -2.23. The number of likely N-dealkylation sites (N-methyl/N-ethyl adjacent to an activating group) is 1. The second-order valence-corrected chi connectivity index (χ2v) is 5.13. The molecule has 20 heavy (non-hydrogen) atoms. The summed E-state index contributed by atoms with van der Waals surface area (Å²) in [4.78, 5) is 2.48. The van der Waals surface area contributed by atoms with Crippen molar-refractivity contribution >= 4 is 0 Å². The number of nitrogens with zero attached hydrogens (tertiary/aromatic N) is 1. The number of methoxy groups -OCH3 is 1. The highest BCUT2D eigenvalue weighted by Crippen LogP contribution is 2.15. The van der Waals surface area contributed by atoms with Crippen LogP contribution in [0.2, 0.25) is 0 Å². The maximum Gasteiger partial charge on any atom is 0.119 e.